The molecule has 1 saturated heterocycles. The SMILES string of the molecule is N#CCCN(C(=S)Nc1ccc(F)cc1)N1CCCCCC1. The van der Waals surface area contributed by atoms with Gasteiger partial charge in [-0.25, -0.2) is 9.40 Å². The number of anilines is 1. The minimum absolute atomic E-state index is 0.273. The second kappa shape index (κ2) is 8.66. The molecule has 1 aliphatic heterocycles. The van der Waals surface area contributed by atoms with Crippen LogP contribution < -0.4 is 5.32 Å². The molecule has 0 radical (unpaired) electrons. The number of benzene rings is 1. The summed E-state index contributed by atoms with van der Waals surface area (Å²) in [4.78, 5) is 0. The molecule has 2 rings (SSSR count). The number of hydrazine groups is 1. The van der Waals surface area contributed by atoms with Gasteiger partial charge in [0.15, 0.2) is 5.11 Å². The molecule has 1 fully saturated rings. The summed E-state index contributed by atoms with van der Waals surface area (Å²) in [5, 5.41) is 16.8. The van der Waals surface area contributed by atoms with Crippen LogP contribution >= 0.6 is 12.2 Å². The molecule has 6 heteroatoms. The third-order valence-electron chi connectivity index (χ3n) is 3.69. The second-order valence-electron chi connectivity index (χ2n) is 5.34. The monoisotopic (exact) mass is 320 g/mol. The highest BCUT2D eigenvalue weighted by atomic mass is 32.1. The summed E-state index contributed by atoms with van der Waals surface area (Å²) in [5.74, 6) is -0.273. The molecule has 0 aromatic heterocycles. The molecule has 1 aromatic carbocycles. The lowest BCUT2D eigenvalue weighted by atomic mass is 10.2. The molecule has 4 nitrogen and oxygen atoms in total. The molecular formula is C16H21FN4S. The maximum atomic E-state index is 13.0. The van der Waals surface area contributed by atoms with E-state index in [1.807, 2.05) is 5.01 Å². The topological polar surface area (TPSA) is 42.3 Å². The number of hydrogen-bond acceptors (Lipinski definition) is 3. The fourth-order valence-corrected chi connectivity index (χ4v) is 2.87. The third kappa shape index (κ3) is 4.93. The van der Waals surface area contributed by atoms with Gasteiger partial charge in [-0.05, 0) is 49.3 Å². The molecule has 0 spiro atoms. The molecule has 0 unspecified atom stereocenters. The van der Waals surface area contributed by atoms with Gasteiger partial charge in [0.05, 0.1) is 19.0 Å². The van der Waals surface area contributed by atoms with Crippen molar-refractivity contribution in [1.29, 1.82) is 5.26 Å². The van der Waals surface area contributed by atoms with Crippen molar-refractivity contribution in [3.8, 4) is 6.07 Å². The first-order chi connectivity index (χ1) is 10.7. The largest absolute Gasteiger partial charge is 0.332 e. The minimum Gasteiger partial charge on any atom is -0.332 e. The summed E-state index contributed by atoms with van der Waals surface area (Å²) < 4.78 is 13.0. The molecular weight excluding hydrogens is 299 g/mol. The van der Waals surface area contributed by atoms with Gasteiger partial charge >= 0.3 is 0 Å². The Morgan fingerprint density at radius 1 is 1.23 bits per heavy atom. The Hall–Kier alpha value is -1.71. The van der Waals surface area contributed by atoms with E-state index in [9.17, 15) is 4.39 Å². The zero-order valence-corrected chi connectivity index (χ0v) is 13.4. The van der Waals surface area contributed by atoms with Gasteiger partial charge in [-0.2, -0.15) is 5.26 Å². The first kappa shape index (κ1) is 16.7. The van der Waals surface area contributed by atoms with Gasteiger partial charge in [-0.3, -0.25) is 5.01 Å². The lowest BCUT2D eigenvalue weighted by molar-refractivity contribution is 0.0531. The van der Waals surface area contributed by atoms with Crippen molar-refractivity contribution in [2.75, 3.05) is 25.0 Å². The van der Waals surface area contributed by atoms with Gasteiger partial charge in [0.25, 0.3) is 0 Å². The first-order valence-corrected chi connectivity index (χ1v) is 8.07. The third-order valence-corrected chi connectivity index (χ3v) is 4.00. The predicted molar refractivity (Wildman–Crippen MR) is 89.6 cm³/mol. The second-order valence-corrected chi connectivity index (χ2v) is 5.72. The van der Waals surface area contributed by atoms with E-state index < -0.39 is 0 Å². The van der Waals surface area contributed by atoms with Crippen LogP contribution in [0.25, 0.3) is 0 Å². The Morgan fingerprint density at radius 2 is 1.86 bits per heavy atom. The Morgan fingerprint density at radius 3 is 2.45 bits per heavy atom. The molecule has 1 aromatic rings. The molecule has 1 N–H and O–H groups in total. The fourth-order valence-electron chi connectivity index (χ4n) is 2.54. The van der Waals surface area contributed by atoms with E-state index in [0.29, 0.717) is 18.1 Å². The van der Waals surface area contributed by atoms with Crippen LogP contribution in [0.5, 0.6) is 0 Å². The summed E-state index contributed by atoms with van der Waals surface area (Å²) in [5.41, 5.74) is 0.753. The number of rotatable bonds is 4. The van der Waals surface area contributed by atoms with Crippen LogP contribution in [0.4, 0.5) is 10.1 Å². The number of thiocarbonyl (C=S) groups is 1. The molecule has 0 saturated carbocycles. The molecule has 22 heavy (non-hydrogen) atoms. The van der Waals surface area contributed by atoms with Gasteiger partial charge in [-0.15, -0.1) is 0 Å². The Bertz CT molecular complexity index is 518. The highest BCUT2D eigenvalue weighted by Crippen LogP contribution is 2.15. The normalized spacial score (nSPS) is 15.6. The fraction of sp³-hybridized carbons (Fsp3) is 0.500. The lowest BCUT2D eigenvalue weighted by Gasteiger charge is -2.35. The zero-order chi connectivity index (χ0) is 15.8. The number of halogens is 1. The van der Waals surface area contributed by atoms with Crippen molar-refractivity contribution in [2.45, 2.75) is 32.1 Å². The smallest absolute Gasteiger partial charge is 0.188 e. The summed E-state index contributed by atoms with van der Waals surface area (Å²) >= 11 is 5.50. The van der Waals surface area contributed by atoms with Crippen LogP contribution in [0.2, 0.25) is 0 Å². The molecule has 118 valence electrons. The van der Waals surface area contributed by atoms with Crippen LogP contribution in [0.1, 0.15) is 32.1 Å². The summed E-state index contributed by atoms with van der Waals surface area (Å²) in [6.07, 6.45) is 5.17. The number of nitrogens with zero attached hydrogens (tertiary/aromatic N) is 3. The first-order valence-electron chi connectivity index (χ1n) is 7.66. The Kier molecular flexibility index (Phi) is 6.56. The van der Waals surface area contributed by atoms with E-state index in [1.165, 1.54) is 25.0 Å². The van der Waals surface area contributed by atoms with Crippen LogP contribution in [0, 0.1) is 17.1 Å². The Labute approximate surface area is 136 Å². The van der Waals surface area contributed by atoms with Crippen LogP contribution in [0.15, 0.2) is 24.3 Å². The maximum Gasteiger partial charge on any atom is 0.188 e. The number of nitrogens with one attached hydrogen (secondary N) is 1. The van der Waals surface area contributed by atoms with Crippen LogP contribution in [-0.4, -0.2) is 34.8 Å². The average Bonchev–Trinajstić information content (AvgIpc) is 2.79. The van der Waals surface area contributed by atoms with Crippen molar-refractivity contribution < 1.29 is 4.39 Å². The van der Waals surface area contributed by atoms with E-state index in [-0.39, 0.29) is 5.82 Å². The van der Waals surface area contributed by atoms with E-state index in [0.717, 1.165) is 31.6 Å². The lowest BCUT2D eigenvalue weighted by Crippen LogP contribution is -2.49. The molecule has 1 aliphatic rings. The standard InChI is InChI=1S/C16H21FN4S/c17-14-6-8-15(9-7-14)19-16(22)21(13-5-10-18)20-11-3-1-2-4-12-20/h6-9H,1-5,11-13H2,(H,19,22). The highest BCUT2D eigenvalue weighted by Gasteiger charge is 2.19. The van der Waals surface area contributed by atoms with Gasteiger partial charge in [0, 0.05) is 18.8 Å². The van der Waals surface area contributed by atoms with E-state index >= 15 is 0 Å². The van der Waals surface area contributed by atoms with Gasteiger partial charge < -0.3 is 5.32 Å². The summed E-state index contributed by atoms with van der Waals surface area (Å²) in [7, 11) is 0. The molecule has 0 amide bonds. The summed E-state index contributed by atoms with van der Waals surface area (Å²) in [6.45, 7) is 2.48. The van der Waals surface area contributed by atoms with E-state index in [4.69, 9.17) is 17.5 Å². The van der Waals surface area contributed by atoms with Gasteiger partial charge in [0.1, 0.15) is 5.82 Å². The Balaban J connectivity index is 2.04. The molecule has 1 heterocycles. The van der Waals surface area contributed by atoms with Crippen LogP contribution in [-0.2, 0) is 0 Å². The van der Waals surface area contributed by atoms with Crippen molar-refractivity contribution in [3.63, 3.8) is 0 Å². The van der Waals surface area contributed by atoms with Crippen molar-refractivity contribution in [3.05, 3.63) is 30.1 Å². The maximum absolute atomic E-state index is 13.0. The van der Waals surface area contributed by atoms with Crippen molar-refractivity contribution in [1.82, 2.24) is 10.0 Å². The minimum atomic E-state index is -0.273. The highest BCUT2D eigenvalue weighted by molar-refractivity contribution is 7.80. The molecule has 0 bridgehead atoms. The number of hydrogen-bond donors (Lipinski definition) is 1. The summed E-state index contributed by atoms with van der Waals surface area (Å²) in [6, 6.07) is 8.29. The van der Waals surface area contributed by atoms with Crippen molar-refractivity contribution >= 4 is 23.0 Å². The molecule has 0 aliphatic carbocycles. The van der Waals surface area contributed by atoms with E-state index in [1.54, 1.807) is 12.1 Å². The van der Waals surface area contributed by atoms with Gasteiger partial charge in [0.2, 0.25) is 0 Å². The zero-order valence-electron chi connectivity index (χ0n) is 12.6. The van der Waals surface area contributed by atoms with Crippen LogP contribution in [0.3, 0.4) is 0 Å². The number of nitriles is 1. The van der Waals surface area contributed by atoms with Crippen molar-refractivity contribution in [2.24, 2.45) is 0 Å². The van der Waals surface area contributed by atoms with Gasteiger partial charge in [-0.1, -0.05) is 12.8 Å². The predicted octanol–water partition coefficient (Wildman–Crippen LogP) is 3.53. The average molecular weight is 320 g/mol. The van der Waals surface area contributed by atoms with E-state index in [2.05, 4.69) is 16.4 Å². The molecule has 0 atom stereocenters. The quantitative estimate of drug-likeness (QED) is 0.860.